The lowest BCUT2D eigenvalue weighted by molar-refractivity contribution is -0.118. The number of aryl methyl sites for hydroxylation is 1. The first-order valence-corrected chi connectivity index (χ1v) is 10.4. The zero-order valence-corrected chi connectivity index (χ0v) is 19.4. The second-order valence-corrected chi connectivity index (χ2v) is 7.48. The summed E-state index contributed by atoms with van der Waals surface area (Å²) in [6.07, 6.45) is 0. The Kier molecular flexibility index (Phi) is 8.40. The van der Waals surface area contributed by atoms with Gasteiger partial charge in [0.15, 0.2) is 29.6 Å². The number of hydrogen-bond acceptors (Lipinski definition) is 6. The van der Waals surface area contributed by atoms with Crippen molar-refractivity contribution in [3.63, 3.8) is 0 Å². The third kappa shape index (κ3) is 6.54. The number of rotatable bonds is 9. The number of fused-ring (bicyclic) bond motifs is 1. The van der Waals surface area contributed by atoms with Crippen LogP contribution < -0.4 is 29.6 Å². The van der Waals surface area contributed by atoms with E-state index >= 15 is 0 Å². The quantitative estimate of drug-likeness (QED) is 0.480. The van der Waals surface area contributed by atoms with Crippen LogP contribution in [0.3, 0.4) is 0 Å². The second-order valence-electron chi connectivity index (χ2n) is 7.48. The van der Waals surface area contributed by atoms with E-state index in [-0.39, 0.29) is 31.7 Å². The molecule has 174 valence electrons. The van der Waals surface area contributed by atoms with Crippen molar-refractivity contribution >= 4 is 24.0 Å². The molecule has 33 heavy (non-hydrogen) atoms. The highest BCUT2D eigenvalue weighted by molar-refractivity contribution is 5.91. The van der Waals surface area contributed by atoms with Crippen LogP contribution in [0.4, 0.5) is 5.69 Å². The van der Waals surface area contributed by atoms with E-state index in [9.17, 15) is 4.79 Å². The molecule has 0 aliphatic carbocycles. The van der Waals surface area contributed by atoms with E-state index in [1.807, 2.05) is 67.6 Å². The van der Waals surface area contributed by atoms with Gasteiger partial charge in [-0.15, -0.1) is 12.4 Å². The van der Waals surface area contributed by atoms with Crippen LogP contribution in [0.15, 0.2) is 60.7 Å². The lowest BCUT2D eigenvalue weighted by Crippen LogP contribution is -2.20. The first kappa shape index (κ1) is 24.2. The average Bonchev–Trinajstić information content (AvgIpc) is 3.27. The van der Waals surface area contributed by atoms with Crippen LogP contribution in [0.25, 0.3) is 0 Å². The van der Waals surface area contributed by atoms with Crippen molar-refractivity contribution in [2.45, 2.75) is 20.0 Å². The standard InChI is InChI=1S/C25H26N2O5.ClH/c1-17-3-7-20(8-4-17)27-25(28)15-30-21-9-5-18(11-23(21)29-2)13-26-14-19-6-10-22-24(12-19)32-16-31-22;/h3-12,26H,13-16H2,1-2H3,(H,27,28);1H. The third-order valence-corrected chi connectivity index (χ3v) is 5.02. The topological polar surface area (TPSA) is 78.1 Å². The Balaban J connectivity index is 0.00000306. The number of methoxy groups -OCH3 is 1. The predicted octanol–water partition coefficient (Wildman–Crippen LogP) is 4.46. The van der Waals surface area contributed by atoms with Crippen molar-refractivity contribution < 1.29 is 23.7 Å². The molecule has 0 unspecified atom stereocenters. The van der Waals surface area contributed by atoms with E-state index < -0.39 is 0 Å². The maximum absolute atomic E-state index is 12.2. The van der Waals surface area contributed by atoms with Gasteiger partial charge in [-0.25, -0.2) is 0 Å². The lowest BCUT2D eigenvalue weighted by Gasteiger charge is -2.13. The fourth-order valence-corrected chi connectivity index (χ4v) is 3.32. The van der Waals surface area contributed by atoms with Crippen molar-refractivity contribution in [2.24, 2.45) is 0 Å². The molecule has 0 atom stereocenters. The molecule has 7 nitrogen and oxygen atoms in total. The van der Waals surface area contributed by atoms with Crippen LogP contribution in [-0.2, 0) is 17.9 Å². The van der Waals surface area contributed by atoms with E-state index in [1.165, 1.54) is 0 Å². The van der Waals surface area contributed by atoms with Gasteiger partial charge in [-0.05, 0) is 54.4 Å². The highest BCUT2D eigenvalue weighted by atomic mass is 35.5. The number of amides is 1. The van der Waals surface area contributed by atoms with Crippen LogP contribution in [-0.4, -0.2) is 26.4 Å². The average molecular weight is 471 g/mol. The Labute approximate surface area is 199 Å². The largest absolute Gasteiger partial charge is 0.493 e. The Morgan fingerprint density at radius 3 is 2.36 bits per heavy atom. The van der Waals surface area contributed by atoms with Crippen LogP contribution in [0, 0.1) is 6.92 Å². The number of benzene rings is 3. The Bertz CT molecular complexity index is 1090. The van der Waals surface area contributed by atoms with Crippen molar-refractivity contribution in [3.05, 3.63) is 77.4 Å². The maximum Gasteiger partial charge on any atom is 0.262 e. The number of carbonyl (C=O) groups is 1. The van der Waals surface area contributed by atoms with Crippen molar-refractivity contribution in [1.82, 2.24) is 5.32 Å². The Hall–Kier alpha value is -3.42. The monoisotopic (exact) mass is 470 g/mol. The first-order chi connectivity index (χ1) is 15.6. The summed E-state index contributed by atoms with van der Waals surface area (Å²) in [5.74, 6) is 2.42. The van der Waals surface area contributed by atoms with Gasteiger partial charge in [-0.1, -0.05) is 29.8 Å². The molecule has 0 radical (unpaired) electrons. The summed E-state index contributed by atoms with van der Waals surface area (Å²) >= 11 is 0. The number of nitrogens with one attached hydrogen (secondary N) is 2. The van der Waals surface area contributed by atoms with Gasteiger partial charge in [0, 0.05) is 18.8 Å². The summed E-state index contributed by atoms with van der Waals surface area (Å²) in [5.41, 5.74) is 4.02. The molecule has 1 aliphatic heterocycles. The number of halogens is 1. The van der Waals surface area contributed by atoms with Gasteiger partial charge < -0.3 is 29.6 Å². The van der Waals surface area contributed by atoms with E-state index in [2.05, 4.69) is 10.6 Å². The van der Waals surface area contributed by atoms with E-state index in [4.69, 9.17) is 18.9 Å². The molecular weight excluding hydrogens is 444 g/mol. The predicted molar refractivity (Wildman–Crippen MR) is 129 cm³/mol. The molecule has 3 aromatic rings. The van der Waals surface area contributed by atoms with E-state index in [1.54, 1.807) is 7.11 Å². The molecule has 3 aromatic carbocycles. The molecular formula is C25H27ClN2O5. The highest BCUT2D eigenvalue weighted by Gasteiger charge is 2.13. The van der Waals surface area contributed by atoms with Gasteiger partial charge in [-0.2, -0.15) is 0 Å². The third-order valence-electron chi connectivity index (χ3n) is 5.02. The van der Waals surface area contributed by atoms with Gasteiger partial charge in [0.25, 0.3) is 5.91 Å². The van der Waals surface area contributed by atoms with Crippen LogP contribution in [0.1, 0.15) is 16.7 Å². The van der Waals surface area contributed by atoms with E-state index in [0.29, 0.717) is 24.6 Å². The molecule has 2 N–H and O–H groups in total. The smallest absolute Gasteiger partial charge is 0.262 e. The fourth-order valence-electron chi connectivity index (χ4n) is 3.32. The summed E-state index contributed by atoms with van der Waals surface area (Å²) in [6, 6.07) is 19.2. The number of ether oxygens (including phenoxy) is 4. The van der Waals surface area contributed by atoms with Crippen molar-refractivity contribution in [1.29, 1.82) is 0 Å². The molecule has 0 saturated carbocycles. The number of carbonyl (C=O) groups excluding carboxylic acids is 1. The molecule has 0 fully saturated rings. The van der Waals surface area contributed by atoms with Crippen LogP contribution in [0.5, 0.6) is 23.0 Å². The van der Waals surface area contributed by atoms with Gasteiger partial charge in [0.1, 0.15) is 0 Å². The molecule has 0 aromatic heterocycles. The molecule has 4 rings (SSSR count). The molecule has 1 amide bonds. The fraction of sp³-hybridized carbons (Fsp3) is 0.240. The lowest BCUT2D eigenvalue weighted by atomic mass is 10.1. The Morgan fingerprint density at radius 2 is 1.61 bits per heavy atom. The molecule has 0 spiro atoms. The summed E-state index contributed by atoms with van der Waals surface area (Å²) in [4.78, 5) is 12.2. The van der Waals surface area contributed by atoms with Gasteiger partial charge in [0.05, 0.1) is 7.11 Å². The molecule has 0 saturated heterocycles. The second kappa shape index (κ2) is 11.4. The first-order valence-electron chi connectivity index (χ1n) is 10.4. The summed E-state index contributed by atoms with van der Waals surface area (Å²) < 4.78 is 21.9. The summed E-state index contributed by atoms with van der Waals surface area (Å²) in [7, 11) is 1.58. The molecule has 1 aliphatic rings. The highest BCUT2D eigenvalue weighted by Crippen LogP contribution is 2.32. The van der Waals surface area contributed by atoms with Gasteiger partial charge in [-0.3, -0.25) is 4.79 Å². The van der Waals surface area contributed by atoms with Crippen molar-refractivity contribution in [3.8, 4) is 23.0 Å². The molecule has 1 heterocycles. The zero-order valence-electron chi connectivity index (χ0n) is 18.6. The Morgan fingerprint density at radius 1 is 0.909 bits per heavy atom. The van der Waals surface area contributed by atoms with Gasteiger partial charge >= 0.3 is 0 Å². The van der Waals surface area contributed by atoms with Gasteiger partial charge in [0.2, 0.25) is 6.79 Å². The minimum absolute atomic E-state index is 0. The normalized spacial score (nSPS) is 11.5. The zero-order chi connectivity index (χ0) is 22.3. The number of anilines is 1. The summed E-state index contributed by atoms with van der Waals surface area (Å²) in [5, 5.41) is 6.22. The maximum atomic E-state index is 12.2. The minimum atomic E-state index is -0.231. The molecule has 0 bridgehead atoms. The van der Waals surface area contributed by atoms with Crippen LogP contribution >= 0.6 is 12.4 Å². The van der Waals surface area contributed by atoms with Crippen LogP contribution in [0.2, 0.25) is 0 Å². The van der Waals surface area contributed by atoms with Crippen molar-refractivity contribution in [2.75, 3.05) is 25.8 Å². The molecule has 8 heteroatoms. The SMILES string of the molecule is COc1cc(CNCc2ccc3c(c2)OCO3)ccc1OCC(=O)Nc1ccc(C)cc1.Cl. The summed E-state index contributed by atoms with van der Waals surface area (Å²) in [6.45, 7) is 3.51. The number of hydrogen-bond donors (Lipinski definition) is 2. The minimum Gasteiger partial charge on any atom is -0.493 e. The van der Waals surface area contributed by atoms with E-state index in [0.717, 1.165) is 33.9 Å².